The van der Waals surface area contributed by atoms with Crippen LogP contribution >= 0.6 is 23.1 Å². The van der Waals surface area contributed by atoms with Crippen molar-refractivity contribution in [1.82, 2.24) is 4.98 Å². The van der Waals surface area contributed by atoms with E-state index in [2.05, 4.69) is 17.1 Å². The predicted octanol–water partition coefficient (Wildman–Crippen LogP) is 3.23. The molecule has 0 amide bonds. The van der Waals surface area contributed by atoms with Crippen molar-refractivity contribution in [2.24, 2.45) is 0 Å². The van der Waals surface area contributed by atoms with Crippen LogP contribution in [-0.2, 0) is 5.75 Å². The first-order valence-corrected chi connectivity index (χ1v) is 6.36. The van der Waals surface area contributed by atoms with Gasteiger partial charge in [0.2, 0.25) is 0 Å². The maximum atomic E-state index is 10.7. The number of hydrogen-bond donors (Lipinski definition) is 0. The van der Waals surface area contributed by atoms with Gasteiger partial charge in [0.1, 0.15) is 0 Å². The van der Waals surface area contributed by atoms with Gasteiger partial charge in [-0.2, -0.15) is 0 Å². The maximum absolute atomic E-state index is 10.7. The number of carbonyl (C=O) groups is 1. The van der Waals surface area contributed by atoms with E-state index in [0.717, 1.165) is 23.3 Å². The first kappa shape index (κ1) is 9.12. The Bertz CT molecular complexity index is 533. The van der Waals surface area contributed by atoms with Crippen LogP contribution in [0.5, 0.6) is 0 Å². The fourth-order valence-electron chi connectivity index (χ4n) is 1.66. The first-order chi connectivity index (χ1) is 7.38. The quantitative estimate of drug-likeness (QED) is 0.708. The van der Waals surface area contributed by atoms with Gasteiger partial charge in [0, 0.05) is 21.1 Å². The van der Waals surface area contributed by atoms with Gasteiger partial charge in [-0.1, -0.05) is 18.2 Å². The molecular formula is C11H7NOS2. The van der Waals surface area contributed by atoms with E-state index < -0.39 is 0 Å². The lowest BCUT2D eigenvalue weighted by atomic mass is 10.1. The Balaban J connectivity index is 2.24. The highest BCUT2D eigenvalue weighted by molar-refractivity contribution is 7.98. The summed E-state index contributed by atoms with van der Waals surface area (Å²) >= 11 is 3.31. The molecule has 1 aliphatic rings. The van der Waals surface area contributed by atoms with Crippen molar-refractivity contribution < 1.29 is 4.79 Å². The summed E-state index contributed by atoms with van der Waals surface area (Å²) in [6.07, 6.45) is 0.830. The number of nitrogens with zero attached hydrogens (tertiary/aromatic N) is 1. The second-order valence-electron chi connectivity index (χ2n) is 3.23. The Morgan fingerprint density at radius 3 is 3.07 bits per heavy atom. The highest BCUT2D eigenvalue weighted by Gasteiger charge is 2.20. The molecule has 1 aromatic carbocycles. The number of thioether (sulfide) groups is 1. The van der Waals surface area contributed by atoms with Crippen LogP contribution in [0.25, 0.3) is 11.3 Å². The molecule has 74 valence electrons. The van der Waals surface area contributed by atoms with E-state index in [9.17, 15) is 4.79 Å². The molecule has 0 radical (unpaired) electrons. The Morgan fingerprint density at radius 2 is 2.20 bits per heavy atom. The van der Waals surface area contributed by atoms with E-state index in [-0.39, 0.29) is 0 Å². The second-order valence-corrected chi connectivity index (χ2v) is 5.36. The number of hydrogen-bond acceptors (Lipinski definition) is 4. The third kappa shape index (κ3) is 1.41. The van der Waals surface area contributed by atoms with Gasteiger partial charge in [0.05, 0.1) is 5.69 Å². The van der Waals surface area contributed by atoms with E-state index in [1.54, 1.807) is 0 Å². The standard InChI is InChI=1S/C11H7NOS2/c13-5-10-12-11-7-3-1-2-4-8(7)14-6-9(11)15-10/h1-5H,6H2. The monoisotopic (exact) mass is 233 g/mol. The molecule has 2 aromatic rings. The van der Waals surface area contributed by atoms with Crippen molar-refractivity contribution in [3.8, 4) is 11.3 Å². The highest BCUT2D eigenvalue weighted by Crippen LogP contribution is 2.42. The van der Waals surface area contributed by atoms with Crippen molar-refractivity contribution in [3.63, 3.8) is 0 Å². The Hall–Kier alpha value is -1.13. The third-order valence-corrected chi connectivity index (χ3v) is 4.58. The average Bonchev–Trinajstić information content (AvgIpc) is 2.72. The smallest absolute Gasteiger partial charge is 0.178 e. The van der Waals surface area contributed by atoms with Crippen molar-refractivity contribution in [1.29, 1.82) is 0 Å². The molecule has 1 aromatic heterocycles. The highest BCUT2D eigenvalue weighted by atomic mass is 32.2. The van der Waals surface area contributed by atoms with Crippen LogP contribution in [-0.4, -0.2) is 11.3 Å². The summed E-state index contributed by atoms with van der Waals surface area (Å²) in [5, 5.41) is 0.581. The zero-order valence-corrected chi connectivity index (χ0v) is 9.40. The lowest BCUT2D eigenvalue weighted by Gasteiger charge is -2.13. The van der Waals surface area contributed by atoms with Gasteiger partial charge in [-0.3, -0.25) is 4.79 Å². The number of rotatable bonds is 1. The molecule has 0 spiro atoms. The Labute approximate surface area is 95.4 Å². The summed E-state index contributed by atoms with van der Waals surface area (Å²) in [5.74, 6) is 0.928. The molecule has 0 fully saturated rings. The minimum absolute atomic E-state index is 0.581. The molecule has 0 atom stereocenters. The first-order valence-electron chi connectivity index (χ1n) is 4.55. The van der Waals surface area contributed by atoms with Crippen LogP contribution in [0.4, 0.5) is 0 Å². The van der Waals surface area contributed by atoms with Gasteiger partial charge in [-0.05, 0) is 6.07 Å². The molecule has 0 saturated heterocycles. The molecule has 0 N–H and O–H groups in total. The molecule has 2 nitrogen and oxygen atoms in total. The van der Waals surface area contributed by atoms with Crippen LogP contribution < -0.4 is 0 Å². The Morgan fingerprint density at radius 1 is 1.33 bits per heavy atom. The van der Waals surface area contributed by atoms with Crippen molar-refractivity contribution >= 4 is 29.4 Å². The van der Waals surface area contributed by atoms with Gasteiger partial charge >= 0.3 is 0 Å². The zero-order chi connectivity index (χ0) is 10.3. The lowest BCUT2D eigenvalue weighted by molar-refractivity contribution is 0.112. The Kier molecular flexibility index (Phi) is 2.11. The molecule has 2 heterocycles. The van der Waals surface area contributed by atoms with Gasteiger partial charge in [0.25, 0.3) is 0 Å². The molecule has 1 aliphatic heterocycles. The SMILES string of the molecule is O=Cc1nc2c(s1)CSc1ccccc1-2. The average molecular weight is 233 g/mol. The predicted molar refractivity (Wildman–Crippen MR) is 62.5 cm³/mol. The summed E-state index contributed by atoms with van der Waals surface area (Å²) in [6, 6.07) is 8.20. The summed E-state index contributed by atoms with van der Waals surface area (Å²) in [6.45, 7) is 0. The van der Waals surface area contributed by atoms with Gasteiger partial charge in [-0.15, -0.1) is 23.1 Å². The number of fused-ring (bicyclic) bond motifs is 3. The maximum Gasteiger partial charge on any atom is 0.178 e. The van der Waals surface area contributed by atoms with Crippen LogP contribution in [0.1, 0.15) is 14.7 Å². The van der Waals surface area contributed by atoms with Gasteiger partial charge < -0.3 is 0 Å². The number of aldehydes is 1. The molecular weight excluding hydrogens is 226 g/mol. The number of thiazole rings is 1. The molecule has 0 aliphatic carbocycles. The molecule has 0 unspecified atom stereocenters. The van der Waals surface area contributed by atoms with E-state index >= 15 is 0 Å². The number of aromatic nitrogens is 1. The van der Waals surface area contributed by atoms with E-state index in [1.165, 1.54) is 21.1 Å². The van der Waals surface area contributed by atoms with Crippen LogP contribution in [0, 0.1) is 0 Å². The molecule has 4 heteroatoms. The lowest BCUT2D eigenvalue weighted by Crippen LogP contribution is -1.92. The van der Waals surface area contributed by atoms with Crippen LogP contribution in [0.2, 0.25) is 0 Å². The minimum atomic E-state index is 0.581. The normalized spacial score (nSPS) is 13.1. The van der Waals surface area contributed by atoms with Gasteiger partial charge in [-0.25, -0.2) is 4.98 Å². The number of carbonyl (C=O) groups excluding carboxylic acids is 1. The second kappa shape index (κ2) is 3.47. The summed E-state index contributed by atoms with van der Waals surface area (Å²) in [7, 11) is 0. The van der Waals surface area contributed by atoms with E-state index in [0.29, 0.717) is 5.01 Å². The molecule has 0 saturated carbocycles. The minimum Gasteiger partial charge on any atom is -0.295 e. The largest absolute Gasteiger partial charge is 0.295 e. The zero-order valence-electron chi connectivity index (χ0n) is 7.77. The fraction of sp³-hybridized carbons (Fsp3) is 0.0909. The van der Waals surface area contributed by atoms with Crippen LogP contribution in [0.15, 0.2) is 29.2 Å². The third-order valence-electron chi connectivity index (χ3n) is 2.32. The van der Waals surface area contributed by atoms with Crippen molar-refractivity contribution in [2.45, 2.75) is 10.6 Å². The molecule has 15 heavy (non-hydrogen) atoms. The van der Waals surface area contributed by atoms with E-state index in [4.69, 9.17) is 0 Å². The summed E-state index contributed by atoms with van der Waals surface area (Å²) in [5.41, 5.74) is 2.16. The summed E-state index contributed by atoms with van der Waals surface area (Å²) < 4.78 is 0. The molecule has 3 rings (SSSR count). The molecule has 0 bridgehead atoms. The van der Waals surface area contributed by atoms with Gasteiger partial charge in [0.15, 0.2) is 11.3 Å². The van der Waals surface area contributed by atoms with Crippen LogP contribution in [0.3, 0.4) is 0 Å². The van der Waals surface area contributed by atoms with Crippen molar-refractivity contribution in [2.75, 3.05) is 0 Å². The topological polar surface area (TPSA) is 30.0 Å². The van der Waals surface area contributed by atoms with E-state index in [1.807, 2.05) is 23.9 Å². The summed E-state index contributed by atoms with van der Waals surface area (Å²) in [4.78, 5) is 17.5. The fourth-order valence-corrected chi connectivity index (χ4v) is 3.68. The van der Waals surface area contributed by atoms with Crippen molar-refractivity contribution in [3.05, 3.63) is 34.2 Å². The number of benzene rings is 1.